The fourth-order valence-corrected chi connectivity index (χ4v) is 2.22. The van der Waals surface area contributed by atoms with Gasteiger partial charge in [0.15, 0.2) is 0 Å². The summed E-state index contributed by atoms with van der Waals surface area (Å²) >= 11 is 2.30. The van der Waals surface area contributed by atoms with E-state index in [-0.39, 0.29) is 12.3 Å². The molecule has 0 aromatic heterocycles. The molecule has 0 bridgehead atoms. The van der Waals surface area contributed by atoms with Gasteiger partial charge in [-0.05, 0) is 23.2 Å². The molecule has 0 aliphatic carbocycles. The van der Waals surface area contributed by atoms with E-state index in [1.807, 2.05) is 6.92 Å². The fraction of sp³-hybridized carbons (Fsp3) is 1.00. The van der Waals surface area contributed by atoms with E-state index in [0.29, 0.717) is 0 Å². The van der Waals surface area contributed by atoms with E-state index >= 15 is 0 Å². The maximum atomic E-state index is 12.6. The van der Waals surface area contributed by atoms with Crippen molar-refractivity contribution >= 4 is 22.6 Å². The van der Waals surface area contributed by atoms with Crippen molar-refractivity contribution in [3.05, 3.63) is 0 Å². The predicted molar refractivity (Wildman–Crippen MR) is 66.4 cm³/mol. The van der Waals surface area contributed by atoms with Gasteiger partial charge in [-0.1, -0.05) is 56.2 Å². The second-order valence-electron chi connectivity index (χ2n) is 4.88. The van der Waals surface area contributed by atoms with Gasteiger partial charge in [-0.3, -0.25) is 0 Å². The third kappa shape index (κ3) is 5.97. The van der Waals surface area contributed by atoms with Crippen LogP contribution in [0.1, 0.15) is 46.5 Å². The first-order valence-corrected chi connectivity index (χ1v) is 6.86. The molecule has 0 aliphatic heterocycles. The van der Waals surface area contributed by atoms with E-state index in [2.05, 4.69) is 22.6 Å². The molecule has 0 fully saturated rings. The van der Waals surface area contributed by atoms with Crippen LogP contribution in [0.3, 0.4) is 0 Å². The molecule has 0 saturated heterocycles. The summed E-state index contributed by atoms with van der Waals surface area (Å²) in [5, 5.41) is 0. The predicted octanol–water partition coefficient (Wildman–Crippen LogP) is 5.21. The monoisotopic (exact) mass is 336 g/mol. The summed E-state index contributed by atoms with van der Waals surface area (Å²) in [5.74, 6) is 0.157. The second-order valence-corrected chi connectivity index (χ2v) is 5.95. The average molecular weight is 336 g/mol. The van der Waals surface area contributed by atoms with Crippen molar-refractivity contribution in [2.24, 2.45) is 11.3 Å². The zero-order valence-corrected chi connectivity index (χ0v) is 11.8. The molecule has 0 nitrogen and oxygen atoms in total. The Morgan fingerprint density at radius 3 is 2.07 bits per heavy atom. The number of hydrogen-bond acceptors (Lipinski definition) is 0. The summed E-state index contributed by atoms with van der Waals surface area (Å²) in [6, 6.07) is 0. The lowest BCUT2D eigenvalue weighted by atomic mass is 9.81. The molecule has 0 rings (SSSR count). The lowest BCUT2D eigenvalue weighted by molar-refractivity contribution is -0.216. The van der Waals surface area contributed by atoms with Crippen molar-refractivity contribution in [3.8, 4) is 0 Å². The largest absolute Gasteiger partial charge is 0.393 e. The number of alkyl halides is 4. The molecule has 0 aromatic rings. The van der Waals surface area contributed by atoms with Gasteiger partial charge >= 0.3 is 6.18 Å². The molecule has 15 heavy (non-hydrogen) atoms. The highest BCUT2D eigenvalue weighted by atomic mass is 127. The maximum Gasteiger partial charge on any atom is 0.393 e. The molecule has 0 aromatic carbocycles. The molecule has 1 unspecified atom stereocenters. The highest BCUT2D eigenvalue weighted by Crippen LogP contribution is 2.42. The SMILES string of the molecule is CC(CCCCI)CC(C)(C)C(F)(F)F. The molecule has 1 atom stereocenters. The molecule has 0 radical (unpaired) electrons. The van der Waals surface area contributed by atoms with E-state index in [1.165, 1.54) is 13.8 Å². The quantitative estimate of drug-likeness (QED) is 0.355. The Labute approximate surface area is 104 Å². The lowest BCUT2D eigenvalue weighted by Crippen LogP contribution is -2.33. The van der Waals surface area contributed by atoms with Gasteiger partial charge in [0, 0.05) is 0 Å². The number of halogens is 4. The normalized spacial score (nSPS) is 15.4. The van der Waals surface area contributed by atoms with Gasteiger partial charge < -0.3 is 0 Å². The van der Waals surface area contributed by atoms with Crippen LogP contribution < -0.4 is 0 Å². The Balaban J connectivity index is 3.99. The van der Waals surface area contributed by atoms with E-state index in [9.17, 15) is 13.2 Å². The molecule has 0 saturated carbocycles. The van der Waals surface area contributed by atoms with Crippen LogP contribution in [-0.2, 0) is 0 Å². The average Bonchev–Trinajstić information content (AvgIpc) is 2.01. The van der Waals surface area contributed by atoms with Crippen LogP contribution >= 0.6 is 22.6 Å². The van der Waals surface area contributed by atoms with Gasteiger partial charge in [0.2, 0.25) is 0 Å². The van der Waals surface area contributed by atoms with E-state index in [4.69, 9.17) is 0 Å². The summed E-state index contributed by atoms with van der Waals surface area (Å²) < 4.78 is 38.8. The Morgan fingerprint density at radius 2 is 1.67 bits per heavy atom. The molecule has 0 N–H and O–H groups in total. The van der Waals surface area contributed by atoms with Gasteiger partial charge in [0.25, 0.3) is 0 Å². The van der Waals surface area contributed by atoms with Crippen LogP contribution in [0.2, 0.25) is 0 Å². The van der Waals surface area contributed by atoms with Gasteiger partial charge in [0.05, 0.1) is 5.41 Å². The van der Waals surface area contributed by atoms with Crippen molar-refractivity contribution in [3.63, 3.8) is 0 Å². The standard InChI is InChI=1S/C11H20F3I/c1-9(6-4-5-7-15)8-10(2,3)11(12,13)14/h9H,4-8H2,1-3H3. The second kappa shape index (κ2) is 6.30. The first-order chi connectivity index (χ1) is 6.70. The maximum absolute atomic E-state index is 12.6. The lowest BCUT2D eigenvalue weighted by Gasteiger charge is -2.30. The highest BCUT2D eigenvalue weighted by Gasteiger charge is 2.47. The first-order valence-electron chi connectivity index (χ1n) is 5.33. The van der Waals surface area contributed by atoms with E-state index in [0.717, 1.165) is 23.7 Å². The van der Waals surface area contributed by atoms with Gasteiger partial charge in [-0.15, -0.1) is 0 Å². The first kappa shape index (κ1) is 15.5. The van der Waals surface area contributed by atoms with Crippen LogP contribution in [0.15, 0.2) is 0 Å². The van der Waals surface area contributed by atoms with Crippen molar-refractivity contribution in [1.82, 2.24) is 0 Å². The Hall–Kier alpha value is 0.520. The van der Waals surface area contributed by atoms with Crippen molar-refractivity contribution in [2.45, 2.75) is 52.6 Å². The molecule has 0 heterocycles. The minimum Gasteiger partial charge on any atom is -0.171 e. The summed E-state index contributed by atoms with van der Waals surface area (Å²) in [7, 11) is 0. The van der Waals surface area contributed by atoms with Gasteiger partial charge in [-0.25, -0.2) is 0 Å². The molecule has 0 spiro atoms. The Morgan fingerprint density at radius 1 is 1.13 bits per heavy atom. The van der Waals surface area contributed by atoms with Crippen molar-refractivity contribution in [1.29, 1.82) is 0 Å². The summed E-state index contributed by atoms with van der Waals surface area (Å²) in [5.41, 5.74) is -1.54. The van der Waals surface area contributed by atoms with Crippen LogP contribution in [0, 0.1) is 11.3 Å². The van der Waals surface area contributed by atoms with E-state index in [1.54, 1.807) is 0 Å². The minimum atomic E-state index is -4.08. The molecular weight excluding hydrogens is 316 g/mol. The molecule has 92 valence electrons. The molecule has 0 aliphatic rings. The molecule has 0 amide bonds. The summed E-state index contributed by atoms with van der Waals surface area (Å²) in [6.07, 6.45) is -0.791. The Kier molecular flexibility index (Phi) is 6.52. The minimum absolute atomic E-state index is 0.157. The van der Waals surface area contributed by atoms with Gasteiger partial charge in [0.1, 0.15) is 0 Å². The third-order valence-corrected chi connectivity index (χ3v) is 3.47. The number of rotatable bonds is 6. The zero-order chi connectivity index (χ0) is 12.1. The Bertz CT molecular complexity index is 175. The number of unbranched alkanes of at least 4 members (excludes halogenated alkanes) is 1. The van der Waals surface area contributed by atoms with Crippen molar-refractivity contribution in [2.75, 3.05) is 4.43 Å². The van der Waals surface area contributed by atoms with Crippen LogP contribution in [0.25, 0.3) is 0 Å². The van der Waals surface area contributed by atoms with Crippen LogP contribution in [0.5, 0.6) is 0 Å². The number of hydrogen-bond donors (Lipinski definition) is 0. The fourth-order valence-electron chi connectivity index (χ4n) is 1.68. The van der Waals surface area contributed by atoms with Crippen molar-refractivity contribution < 1.29 is 13.2 Å². The van der Waals surface area contributed by atoms with E-state index < -0.39 is 11.6 Å². The van der Waals surface area contributed by atoms with Crippen LogP contribution in [0.4, 0.5) is 13.2 Å². The molecule has 4 heteroatoms. The summed E-state index contributed by atoms with van der Waals surface area (Å²) in [4.78, 5) is 0. The zero-order valence-electron chi connectivity index (χ0n) is 9.62. The topological polar surface area (TPSA) is 0 Å². The third-order valence-electron chi connectivity index (χ3n) is 2.71. The van der Waals surface area contributed by atoms with Crippen LogP contribution in [-0.4, -0.2) is 10.6 Å². The summed E-state index contributed by atoms with van der Waals surface area (Å²) in [6.45, 7) is 4.50. The smallest absolute Gasteiger partial charge is 0.171 e. The van der Waals surface area contributed by atoms with Gasteiger partial charge in [-0.2, -0.15) is 13.2 Å². The highest BCUT2D eigenvalue weighted by molar-refractivity contribution is 14.1. The molecular formula is C11H20F3I.